The van der Waals surface area contributed by atoms with Gasteiger partial charge in [0.05, 0.1) is 18.1 Å². The summed E-state index contributed by atoms with van der Waals surface area (Å²) in [4.78, 5) is 26.0. The highest BCUT2D eigenvalue weighted by atomic mass is 35.5. The maximum Gasteiger partial charge on any atom is 0.322 e. The van der Waals surface area contributed by atoms with Crippen LogP contribution in [0.15, 0.2) is 66.7 Å². The topological polar surface area (TPSA) is 67.9 Å². The van der Waals surface area contributed by atoms with Gasteiger partial charge >= 0.3 is 12.0 Å². The third-order valence-corrected chi connectivity index (χ3v) is 5.41. The third kappa shape index (κ3) is 5.21. The van der Waals surface area contributed by atoms with E-state index in [2.05, 4.69) is 5.32 Å². The first kappa shape index (κ1) is 21.7. The summed E-state index contributed by atoms with van der Waals surface area (Å²) in [6.45, 7) is 3.32. The van der Waals surface area contributed by atoms with E-state index in [0.29, 0.717) is 41.9 Å². The number of esters is 1. The lowest BCUT2D eigenvalue weighted by Crippen LogP contribution is -2.30. The van der Waals surface area contributed by atoms with Crippen LogP contribution in [0.2, 0.25) is 5.02 Å². The Bertz CT molecular complexity index is 1110. The zero-order valence-corrected chi connectivity index (χ0v) is 18.4. The first-order chi connectivity index (χ1) is 15.5. The van der Waals surface area contributed by atoms with Gasteiger partial charge in [-0.1, -0.05) is 41.9 Å². The summed E-state index contributed by atoms with van der Waals surface area (Å²) in [6, 6.07) is 20.2. The minimum absolute atomic E-state index is 0.143. The SMILES string of the molecule is CCOC(=O)Cc1ccc(Oc2ccc(NC(=O)N3Cc4ccccc4C3)cc2)c(Cl)c1. The van der Waals surface area contributed by atoms with E-state index in [1.54, 1.807) is 54.3 Å². The van der Waals surface area contributed by atoms with E-state index < -0.39 is 0 Å². The number of rotatable bonds is 6. The number of carbonyl (C=O) groups excluding carboxylic acids is 2. The second kappa shape index (κ2) is 9.75. The highest BCUT2D eigenvalue weighted by Crippen LogP contribution is 2.31. The quantitative estimate of drug-likeness (QED) is 0.483. The van der Waals surface area contributed by atoms with Gasteiger partial charge in [0.25, 0.3) is 0 Å². The summed E-state index contributed by atoms with van der Waals surface area (Å²) in [5.41, 5.74) is 3.78. The van der Waals surface area contributed by atoms with Crippen molar-refractivity contribution >= 4 is 29.3 Å². The lowest BCUT2D eigenvalue weighted by atomic mass is 10.1. The van der Waals surface area contributed by atoms with Crippen LogP contribution in [0.5, 0.6) is 11.5 Å². The number of halogens is 1. The number of fused-ring (bicyclic) bond motifs is 1. The molecule has 0 atom stereocenters. The van der Waals surface area contributed by atoms with Crippen molar-refractivity contribution in [1.82, 2.24) is 4.90 Å². The van der Waals surface area contributed by atoms with Gasteiger partial charge < -0.3 is 19.7 Å². The predicted octanol–water partition coefficient (Wildman–Crippen LogP) is 5.79. The molecule has 0 bridgehead atoms. The molecule has 1 heterocycles. The average Bonchev–Trinajstić information content (AvgIpc) is 3.22. The van der Waals surface area contributed by atoms with Crippen LogP contribution >= 0.6 is 11.6 Å². The fourth-order valence-corrected chi connectivity index (χ4v) is 3.77. The molecule has 0 spiro atoms. The summed E-state index contributed by atoms with van der Waals surface area (Å²) in [5.74, 6) is 0.759. The summed E-state index contributed by atoms with van der Waals surface area (Å²) < 4.78 is 10.8. The van der Waals surface area contributed by atoms with E-state index in [-0.39, 0.29) is 18.4 Å². The van der Waals surface area contributed by atoms with Crippen LogP contribution in [-0.2, 0) is 29.0 Å². The van der Waals surface area contributed by atoms with Crippen LogP contribution in [0.1, 0.15) is 23.6 Å². The monoisotopic (exact) mass is 450 g/mol. The summed E-state index contributed by atoms with van der Waals surface area (Å²) in [5, 5.41) is 3.32. The lowest BCUT2D eigenvalue weighted by Gasteiger charge is -2.16. The van der Waals surface area contributed by atoms with Crippen LogP contribution in [0.25, 0.3) is 0 Å². The molecular weight excluding hydrogens is 428 g/mol. The number of nitrogens with one attached hydrogen (secondary N) is 1. The van der Waals surface area contributed by atoms with Gasteiger partial charge in [-0.15, -0.1) is 0 Å². The molecule has 0 fully saturated rings. The van der Waals surface area contributed by atoms with Crippen molar-refractivity contribution in [3.05, 3.63) is 88.4 Å². The fourth-order valence-electron chi connectivity index (χ4n) is 3.53. The minimum Gasteiger partial charge on any atom is -0.466 e. The van der Waals surface area contributed by atoms with Gasteiger partial charge in [0, 0.05) is 18.8 Å². The largest absolute Gasteiger partial charge is 0.466 e. The Morgan fingerprint density at radius 3 is 2.31 bits per heavy atom. The molecule has 2 amide bonds. The molecule has 164 valence electrons. The minimum atomic E-state index is -0.298. The average molecular weight is 451 g/mol. The normalized spacial score (nSPS) is 12.2. The van der Waals surface area contributed by atoms with Crippen LogP contribution in [-0.4, -0.2) is 23.5 Å². The van der Waals surface area contributed by atoms with E-state index in [1.165, 1.54) is 11.1 Å². The van der Waals surface area contributed by atoms with E-state index in [9.17, 15) is 9.59 Å². The zero-order valence-electron chi connectivity index (χ0n) is 17.6. The lowest BCUT2D eigenvalue weighted by molar-refractivity contribution is -0.142. The number of urea groups is 1. The molecule has 0 aromatic heterocycles. The van der Waals surface area contributed by atoms with Gasteiger partial charge in [0.1, 0.15) is 11.5 Å². The number of anilines is 1. The maximum absolute atomic E-state index is 12.6. The number of carbonyl (C=O) groups is 2. The summed E-state index contributed by atoms with van der Waals surface area (Å²) in [7, 11) is 0. The van der Waals surface area contributed by atoms with E-state index >= 15 is 0 Å². The third-order valence-electron chi connectivity index (χ3n) is 5.11. The van der Waals surface area contributed by atoms with Crippen molar-refractivity contribution in [1.29, 1.82) is 0 Å². The molecule has 32 heavy (non-hydrogen) atoms. The maximum atomic E-state index is 12.6. The van der Waals surface area contributed by atoms with E-state index in [0.717, 1.165) is 5.56 Å². The van der Waals surface area contributed by atoms with Gasteiger partial charge in [-0.3, -0.25) is 4.79 Å². The van der Waals surface area contributed by atoms with Gasteiger partial charge in [-0.05, 0) is 60.0 Å². The van der Waals surface area contributed by atoms with Crippen molar-refractivity contribution in [2.75, 3.05) is 11.9 Å². The number of hydrogen-bond donors (Lipinski definition) is 1. The van der Waals surface area contributed by atoms with Gasteiger partial charge in [0.15, 0.2) is 0 Å². The van der Waals surface area contributed by atoms with Gasteiger partial charge in [-0.25, -0.2) is 4.79 Å². The second-order valence-corrected chi connectivity index (χ2v) is 7.84. The summed E-state index contributed by atoms with van der Waals surface area (Å²) >= 11 is 6.31. The zero-order chi connectivity index (χ0) is 22.5. The number of benzene rings is 3. The molecule has 4 rings (SSSR count). The predicted molar refractivity (Wildman–Crippen MR) is 123 cm³/mol. The number of nitrogens with zero attached hydrogens (tertiary/aromatic N) is 1. The van der Waals surface area contributed by atoms with Crippen LogP contribution < -0.4 is 10.1 Å². The van der Waals surface area contributed by atoms with Crippen molar-refractivity contribution in [3.63, 3.8) is 0 Å². The Balaban J connectivity index is 1.34. The van der Waals surface area contributed by atoms with Gasteiger partial charge in [0.2, 0.25) is 0 Å². The Morgan fingerprint density at radius 1 is 1.00 bits per heavy atom. The van der Waals surface area contributed by atoms with Crippen LogP contribution in [0.4, 0.5) is 10.5 Å². The molecule has 1 N–H and O–H groups in total. The van der Waals surface area contributed by atoms with E-state index in [1.807, 2.05) is 24.3 Å². The summed E-state index contributed by atoms with van der Waals surface area (Å²) in [6.07, 6.45) is 0.157. The highest BCUT2D eigenvalue weighted by Gasteiger charge is 2.22. The molecule has 0 unspecified atom stereocenters. The number of hydrogen-bond acceptors (Lipinski definition) is 4. The highest BCUT2D eigenvalue weighted by molar-refractivity contribution is 6.32. The molecular formula is C25H23ClN2O4. The molecule has 7 heteroatoms. The fraction of sp³-hybridized carbons (Fsp3) is 0.200. The van der Waals surface area contributed by atoms with Crippen molar-refractivity contribution in [2.45, 2.75) is 26.4 Å². The number of amides is 2. The smallest absolute Gasteiger partial charge is 0.322 e. The van der Waals surface area contributed by atoms with Gasteiger partial charge in [-0.2, -0.15) is 0 Å². The van der Waals surface area contributed by atoms with Crippen molar-refractivity contribution in [3.8, 4) is 11.5 Å². The molecule has 1 aliphatic rings. The Labute approximate surface area is 191 Å². The molecule has 3 aromatic rings. The first-order valence-corrected chi connectivity index (χ1v) is 10.7. The molecule has 0 saturated heterocycles. The molecule has 1 aliphatic heterocycles. The molecule has 0 saturated carbocycles. The van der Waals surface area contributed by atoms with Crippen LogP contribution in [0, 0.1) is 0 Å². The molecule has 0 radical (unpaired) electrons. The van der Waals surface area contributed by atoms with E-state index in [4.69, 9.17) is 21.1 Å². The number of ether oxygens (including phenoxy) is 2. The Kier molecular flexibility index (Phi) is 6.61. The van der Waals surface area contributed by atoms with Crippen LogP contribution in [0.3, 0.4) is 0 Å². The molecule has 6 nitrogen and oxygen atoms in total. The van der Waals surface area contributed by atoms with Crippen molar-refractivity contribution < 1.29 is 19.1 Å². The standard InChI is InChI=1S/C25H23ClN2O4/c1-2-31-24(29)14-17-7-12-23(22(26)13-17)32-21-10-8-20(9-11-21)27-25(30)28-15-18-5-3-4-6-19(18)16-28/h3-13H,2,14-16H2,1H3,(H,27,30). The first-order valence-electron chi connectivity index (χ1n) is 10.4. The Morgan fingerprint density at radius 2 is 1.69 bits per heavy atom. The van der Waals surface area contributed by atoms with Crippen molar-refractivity contribution in [2.24, 2.45) is 0 Å². The molecule has 0 aliphatic carbocycles. The Hall–Kier alpha value is -3.51. The second-order valence-electron chi connectivity index (χ2n) is 7.43. The molecule has 3 aromatic carbocycles.